The molecule has 0 N–H and O–H groups in total. The number of hydrogen-bond donors (Lipinski definition) is 0. The van der Waals surface area contributed by atoms with Crippen molar-refractivity contribution in [2.24, 2.45) is 0 Å². The lowest BCUT2D eigenvalue weighted by Gasteiger charge is -2.37. The topological polar surface area (TPSA) is 119 Å². The molecule has 1 saturated heterocycles. The number of amides is 2. The van der Waals surface area contributed by atoms with Crippen molar-refractivity contribution >= 4 is 17.6 Å². The molecule has 1 unspecified atom stereocenters. The van der Waals surface area contributed by atoms with Crippen LogP contribution in [0.25, 0.3) is 16.9 Å². The first-order valence-electron chi connectivity index (χ1n) is 18.8. The SMILES string of the molecule is CN(CCN(CCC(c1c(Cc2ccco2)nc2c(Cc3ccccc3)nc(-c3ccccc3)cn12)N1CCOCC1)C(=O)[O-])C(=O)c1ccc(C(F)(F)F)cc1. The molecule has 11 nitrogen and oxygen atoms in total. The minimum atomic E-state index is -4.53. The minimum absolute atomic E-state index is 0.00956. The lowest BCUT2D eigenvalue weighted by molar-refractivity contribution is -0.265. The number of halogens is 3. The fourth-order valence-electron chi connectivity index (χ4n) is 7.24. The summed E-state index contributed by atoms with van der Waals surface area (Å²) in [5, 5.41) is 12.6. The van der Waals surface area contributed by atoms with Crippen molar-refractivity contribution in [1.82, 2.24) is 29.1 Å². The smallest absolute Gasteiger partial charge is 0.416 e. The molecule has 4 heterocycles. The average molecular weight is 780 g/mol. The first-order valence-corrected chi connectivity index (χ1v) is 18.8. The summed E-state index contributed by atoms with van der Waals surface area (Å²) in [5.74, 6) is 0.189. The molecule has 0 bridgehead atoms. The first-order chi connectivity index (χ1) is 27.5. The van der Waals surface area contributed by atoms with Crippen LogP contribution in [0.4, 0.5) is 18.0 Å². The summed E-state index contributed by atoms with van der Waals surface area (Å²) >= 11 is 0. The van der Waals surface area contributed by atoms with E-state index < -0.39 is 23.7 Å². The van der Waals surface area contributed by atoms with Gasteiger partial charge in [0.1, 0.15) is 11.9 Å². The van der Waals surface area contributed by atoms with Crippen LogP contribution < -0.4 is 5.11 Å². The molecule has 6 aromatic rings. The quantitative estimate of drug-likeness (QED) is 0.125. The standard InChI is InChI=1S/C43H43F3N6O5/c1-49(41(53)32-14-16-33(17-15-32)43(44,45)46)20-21-51(42(54)55)19-18-38(50-22-25-56-26-23-50)39-35(28-34-13-8-24-57-34)48-40-36(27-30-9-4-2-5-10-30)47-37(29-52(39)40)31-11-6-3-7-12-31/h2-17,24,29,38H,18-23,25-28H2,1H3,(H,54,55)/p-1. The molecule has 1 aliphatic rings. The van der Waals surface area contributed by atoms with Crippen LogP contribution in [-0.2, 0) is 23.8 Å². The Labute approximate surface area is 327 Å². The van der Waals surface area contributed by atoms with Crippen molar-refractivity contribution in [3.63, 3.8) is 0 Å². The van der Waals surface area contributed by atoms with E-state index in [-0.39, 0.29) is 31.2 Å². The van der Waals surface area contributed by atoms with E-state index in [9.17, 15) is 27.9 Å². The Kier molecular flexibility index (Phi) is 12.0. The van der Waals surface area contributed by atoms with E-state index in [0.29, 0.717) is 51.2 Å². The van der Waals surface area contributed by atoms with Crippen LogP contribution >= 0.6 is 0 Å². The number of rotatable bonds is 14. The highest BCUT2D eigenvalue weighted by molar-refractivity contribution is 5.94. The third-order valence-corrected chi connectivity index (χ3v) is 10.2. The van der Waals surface area contributed by atoms with E-state index in [0.717, 1.165) is 68.8 Å². The van der Waals surface area contributed by atoms with Crippen LogP contribution in [0.1, 0.15) is 56.8 Å². The summed E-state index contributed by atoms with van der Waals surface area (Å²) in [6.07, 6.45) is -1.05. The van der Waals surface area contributed by atoms with Crippen molar-refractivity contribution in [3.05, 3.63) is 149 Å². The first kappa shape index (κ1) is 39.3. The van der Waals surface area contributed by atoms with Gasteiger partial charge in [0.15, 0.2) is 5.65 Å². The van der Waals surface area contributed by atoms with Crippen molar-refractivity contribution in [2.75, 3.05) is 53.0 Å². The number of fused-ring (bicyclic) bond motifs is 1. The van der Waals surface area contributed by atoms with Crippen molar-refractivity contribution < 1.29 is 37.0 Å². The molecule has 3 aromatic carbocycles. The molecule has 3 aromatic heterocycles. The maximum absolute atomic E-state index is 13.1. The Hall–Kier alpha value is -5.99. The molecule has 0 radical (unpaired) electrons. The number of aromatic nitrogens is 3. The highest BCUT2D eigenvalue weighted by atomic mass is 19.4. The molecule has 1 fully saturated rings. The second kappa shape index (κ2) is 17.4. The Morgan fingerprint density at radius 2 is 1.54 bits per heavy atom. The Bertz CT molecular complexity index is 2260. The van der Waals surface area contributed by atoms with Crippen molar-refractivity contribution in [1.29, 1.82) is 0 Å². The fourth-order valence-corrected chi connectivity index (χ4v) is 7.24. The van der Waals surface area contributed by atoms with Crippen LogP contribution in [-0.4, -0.2) is 94.1 Å². The van der Waals surface area contributed by atoms with Crippen LogP contribution in [0, 0.1) is 0 Å². The summed E-state index contributed by atoms with van der Waals surface area (Å²) in [4.78, 5) is 40.9. The predicted molar refractivity (Wildman–Crippen MR) is 204 cm³/mol. The Balaban J connectivity index is 1.23. The van der Waals surface area contributed by atoms with Crippen LogP contribution in [0.15, 0.2) is 114 Å². The maximum Gasteiger partial charge on any atom is 0.416 e. The van der Waals surface area contributed by atoms with Gasteiger partial charge in [0.05, 0.1) is 60.3 Å². The molecule has 7 rings (SSSR count). The fraction of sp³-hybridized carbons (Fsp3) is 0.302. The normalized spacial score (nSPS) is 14.1. The van der Waals surface area contributed by atoms with Crippen LogP contribution in [0.3, 0.4) is 0 Å². The number of ether oxygens (including phenoxy) is 1. The molecule has 0 aliphatic carbocycles. The molecule has 14 heteroatoms. The molecule has 57 heavy (non-hydrogen) atoms. The number of hydrogen-bond acceptors (Lipinski definition) is 8. The zero-order chi connectivity index (χ0) is 39.9. The number of morpholine rings is 1. The number of likely N-dealkylation sites (N-methyl/N-ethyl adjacent to an activating group) is 1. The van der Waals surface area contributed by atoms with Gasteiger partial charge in [0.2, 0.25) is 0 Å². The summed E-state index contributed by atoms with van der Waals surface area (Å²) < 4.78 is 52.9. The van der Waals surface area contributed by atoms with E-state index in [4.69, 9.17) is 19.1 Å². The largest absolute Gasteiger partial charge is 0.530 e. The zero-order valence-corrected chi connectivity index (χ0v) is 31.4. The van der Waals surface area contributed by atoms with Crippen molar-refractivity contribution in [2.45, 2.75) is 31.5 Å². The van der Waals surface area contributed by atoms with Crippen molar-refractivity contribution in [3.8, 4) is 11.3 Å². The maximum atomic E-state index is 13.1. The molecular weight excluding hydrogens is 738 g/mol. The Morgan fingerprint density at radius 3 is 2.19 bits per heavy atom. The molecule has 296 valence electrons. The molecule has 1 atom stereocenters. The van der Waals surface area contributed by atoms with Crippen LogP contribution in [0.2, 0.25) is 0 Å². The molecule has 0 saturated carbocycles. The van der Waals surface area contributed by atoms with E-state index in [2.05, 4.69) is 21.4 Å². The number of carbonyl (C=O) groups excluding carboxylic acids is 2. The van der Waals surface area contributed by atoms with Gasteiger partial charge in [-0.25, -0.2) is 9.97 Å². The third kappa shape index (κ3) is 9.35. The summed E-state index contributed by atoms with van der Waals surface area (Å²) in [5.41, 5.74) is 5.08. The second-order valence-corrected chi connectivity index (χ2v) is 14.0. The highest BCUT2D eigenvalue weighted by Gasteiger charge is 2.32. The van der Waals surface area contributed by atoms with E-state index >= 15 is 0 Å². The number of benzene rings is 3. The van der Waals surface area contributed by atoms with Gasteiger partial charge in [-0.05, 0) is 48.4 Å². The summed E-state index contributed by atoms with van der Waals surface area (Å²) in [6, 6.07) is 27.3. The van der Waals surface area contributed by atoms with Gasteiger partial charge in [-0.15, -0.1) is 0 Å². The number of carboxylic acid groups (broad SMARTS) is 1. The average Bonchev–Trinajstić information content (AvgIpc) is 3.87. The van der Waals surface area contributed by atoms with Gasteiger partial charge >= 0.3 is 6.18 Å². The van der Waals surface area contributed by atoms with Crippen LogP contribution in [0.5, 0.6) is 0 Å². The van der Waals surface area contributed by atoms with Gasteiger partial charge < -0.3 is 28.9 Å². The van der Waals surface area contributed by atoms with Gasteiger partial charge in [0.25, 0.3) is 5.91 Å². The van der Waals surface area contributed by atoms with E-state index in [1.807, 2.05) is 66.9 Å². The number of alkyl halides is 3. The highest BCUT2D eigenvalue weighted by Crippen LogP contribution is 2.34. The number of nitrogens with zero attached hydrogens (tertiary/aromatic N) is 6. The number of imidazole rings is 1. The second-order valence-electron chi connectivity index (χ2n) is 14.0. The van der Waals surface area contributed by atoms with E-state index in [1.165, 1.54) is 11.9 Å². The van der Waals surface area contributed by atoms with Gasteiger partial charge in [0, 0.05) is 63.5 Å². The van der Waals surface area contributed by atoms with Gasteiger partial charge in [-0.1, -0.05) is 60.7 Å². The Morgan fingerprint density at radius 1 is 0.842 bits per heavy atom. The lowest BCUT2D eigenvalue weighted by atomic mass is 10.0. The van der Waals surface area contributed by atoms with Gasteiger partial charge in [-0.3, -0.25) is 14.1 Å². The molecular formula is C43H42F3N6O5-. The number of carbonyl (C=O) groups is 2. The lowest BCUT2D eigenvalue weighted by Crippen LogP contribution is -2.47. The summed E-state index contributed by atoms with van der Waals surface area (Å²) in [6.45, 7) is 2.17. The third-order valence-electron chi connectivity index (χ3n) is 10.2. The minimum Gasteiger partial charge on any atom is -0.530 e. The number of furan rings is 1. The monoisotopic (exact) mass is 779 g/mol. The zero-order valence-electron chi connectivity index (χ0n) is 31.4. The summed E-state index contributed by atoms with van der Waals surface area (Å²) in [7, 11) is 1.48. The molecule has 2 amide bonds. The predicted octanol–water partition coefficient (Wildman–Crippen LogP) is 6.37. The molecule has 1 aliphatic heterocycles. The van der Waals surface area contributed by atoms with E-state index in [1.54, 1.807) is 6.26 Å². The molecule has 0 spiro atoms. The van der Waals surface area contributed by atoms with Gasteiger partial charge in [-0.2, -0.15) is 13.2 Å².